The van der Waals surface area contributed by atoms with E-state index >= 15 is 0 Å². The van der Waals surface area contributed by atoms with Crippen LogP contribution in [0.5, 0.6) is 0 Å². The van der Waals surface area contributed by atoms with Crippen LogP contribution in [0, 0.1) is 0 Å². The standard InChI is InChI=1S/C12H7ClN4O2/c13-12-15-9-4-2-1-3-8(9)10(16-12)17-6-7(5-14-17)11(18)19/h1-6H,(H,18,19). The van der Waals surface area contributed by atoms with Gasteiger partial charge in [0.15, 0.2) is 5.82 Å². The Bertz CT molecular complexity index is 784. The van der Waals surface area contributed by atoms with Crippen LogP contribution in [0.2, 0.25) is 5.28 Å². The molecule has 0 unspecified atom stereocenters. The Kier molecular flexibility index (Phi) is 2.64. The lowest BCUT2D eigenvalue weighted by molar-refractivity contribution is 0.0697. The van der Waals surface area contributed by atoms with Gasteiger partial charge in [-0.2, -0.15) is 10.1 Å². The first-order chi connectivity index (χ1) is 9.15. The van der Waals surface area contributed by atoms with Gasteiger partial charge in [0.05, 0.1) is 17.3 Å². The fourth-order valence-corrected chi connectivity index (χ4v) is 1.93. The predicted molar refractivity (Wildman–Crippen MR) is 68.6 cm³/mol. The summed E-state index contributed by atoms with van der Waals surface area (Å²) in [5, 5.41) is 13.7. The number of rotatable bonds is 2. The lowest BCUT2D eigenvalue weighted by Gasteiger charge is -2.05. The summed E-state index contributed by atoms with van der Waals surface area (Å²) in [5.41, 5.74) is 0.753. The second kappa shape index (κ2) is 4.33. The molecule has 0 saturated carbocycles. The molecule has 3 rings (SSSR count). The van der Waals surface area contributed by atoms with Gasteiger partial charge in [-0.15, -0.1) is 0 Å². The molecule has 1 N–H and O–H groups in total. The van der Waals surface area contributed by atoms with Crippen LogP contribution in [-0.4, -0.2) is 30.8 Å². The molecule has 2 heterocycles. The van der Waals surface area contributed by atoms with E-state index in [1.807, 2.05) is 18.2 Å². The molecule has 19 heavy (non-hydrogen) atoms. The molecule has 0 fully saturated rings. The van der Waals surface area contributed by atoms with Gasteiger partial charge in [0.2, 0.25) is 5.28 Å². The Morgan fingerprint density at radius 2 is 2.05 bits per heavy atom. The van der Waals surface area contributed by atoms with Gasteiger partial charge in [-0.05, 0) is 23.7 Å². The Balaban J connectivity index is 2.26. The van der Waals surface area contributed by atoms with Gasteiger partial charge in [-0.25, -0.2) is 14.5 Å². The summed E-state index contributed by atoms with van der Waals surface area (Å²) in [6.07, 6.45) is 2.64. The van der Waals surface area contributed by atoms with Crippen molar-refractivity contribution in [2.45, 2.75) is 0 Å². The fourth-order valence-electron chi connectivity index (χ4n) is 1.76. The zero-order valence-electron chi connectivity index (χ0n) is 9.49. The Hall–Kier alpha value is -2.47. The van der Waals surface area contributed by atoms with E-state index in [0.717, 1.165) is 5.39 Å². The van der Waals surface area contributed by atoms with Gasteiger partial charge in [0, 0.05) is 11.6 Å². The first kappa shape index (κ1) is 11.6. The lowest BCUT2D eigenvalue weighted by atomic mass is 10.2. The number of carboxylic acid groups (broad SMARTS) is 1. The molecule has 0 amide bonds. The van der Waals surface area contributed by atoms with E-state index in [1.165, 1.54) is 17.1 Å². The molecule has 1 aromatic carbocycles. The number of hydrogen-bond donors (Lipinski definition) is 1. The topological polar surface area (TPSA) is 80.9 Å². The van der Waals surface area contributed by atoms with Gasteiger partial charge in [-0.1, -0.05) is 12.1 Å². The zero-order valence-corrected chi connectivity index (χ0v) is 10.2. The number of benzene rings is 1. The first-order valence-electron chi connectivity index (χ1n) is 5.36. The number of nitrogens with zero attached hydrogens (tertiary/aromatic N) is 4. The SMILES string of the molecule is O=C(O)c1cnn(-c2nc(Cl)nc3ccccc23)c1. The highest BCUT2D eigenvalue weighted by Gasteiger charge is 2.12. The van der Waals surface area contributed by atoms with E-state index in [0.29, 0.717) is 11.3 Å². The van der Waals surface area contributed by atoms with Crippen molar-refractivity contribution in [1.29, 1.82) is 0 Å². The van der Waals surface area contributed by atoms with Crippen LogP contribution in [0.15, 0.2) is 36.7 Å². The third kappa shape index (κ3) is 2.02. The summed E-state index contributed by atoms with van der Waals surface area (Å²) >= 11 is 5.86. The third-order valence-electron chi connectivity index (χ3n) is 2.60. The van der Waals surface area contributed by atoms with E-state index in [-0.39, 0.29) is 10.8 Å². The van der Waals surface area contributed by atoms with Crippen molar-refractivity contribution >= 4 is 28.5 Å². The van der Waals surface area contributed by atoms with Crippen LogP contribution in [0.4, 0.5) is 0 Å². The number of halogens is 1. The largest absolute Gasteiger partial charge is 0.478 e. The Morgan fingerprint density at radius 3 is 2.79 bits per heavy atom. The van der Waals surface area contributed by atoms with Crippen molar-refractivity contribution in [3.8, 4) is 5.82 Å². The molecule has 3 aromatic rings. The van der Waals surface area contributed by atoms with E-state index < -0.39 is 5.97 Å². The van der Waals surface area contributed by atoms with Crippen LogP contribution < -0.4 is 0 Å². The number of aromatic nitrogens is 4. The molecule has 94 valence electrons. The average molecular weight is 275 g/mol. The smallest absolute Gasteiger partial charge is 0.338 e. The molecule has 6 nitrogen and oxygen atoms in total. The summed E-state index contributed by atoms with van der Waals surface area (Å²) in [7, 11) is 0. The average Bonchev–Trinajstić information content (AvgIpc) is 2.87. The minimum absolute atomic E-state index is 0.0822. The molecular formula is C12H7ClN4O2. The van der Waals surface area contributed by atoms with Gasteiger partial charge in [0.1, 0.15) is 0 Å². The summed E-state index contributed by atoms with van der Waals surface area (Å²) in [4.78, 5) is 19.1. The monoisotopic (exact) mass is 274 g/mol. The fraction of sp³-hybridized carbons (Fsp3) is 0. The van der Waals surface area contributed by atoms with Crippen molar-refractivity contribution in [3.05, 3.63) is 47.5 Å². The van der Waals surface area contributed by atoms with Crippen molar-refractivity contribution in [2.75, 3.05) is 0 Å². The quantitative estimate of drug-likeness (QED) is 0.724. The van der Waals surface area contributed by atoms with Crippen molar-refractivity contribution in [1.82, 2.24) is 19.7 Å². The van der Waals surface area contributed by atoms with Crippen molar-refractivity contribution in [3.63, 3.8) is 0 Å². The van der Waals surface area contributed by atoms with E-state index in [2.05, 4.69) is 15.1 Å². The molecule has 0 aliphatic rings. The van der Waals surface area contributed by atoms with E-state index in [1.54, 1.807) is 6.07 Å². The molecule has 0 atom stereocenters. The molecule has 0 bridgehead atoms. The van der Waals surface area contributed by atoms with Gasteiger partial charge >= 0.3 is 5.97 Å². The number of carbonyl (C=O) groups is 1. The highest BCUT2D eigenvalue weighted by atomic mass is 35.5. The number of carboxylic acids is 1. The minimum atomic E-state index is -1.05. The van der Waals surface area contributed by atoms with E-state index in [4.69, 9.17) is 16.7 Å². The van der Waals surface area contributed by atoms with Gasteiger partial charge in [-0.3, -0.25) is 0 Å². The predicted octanol–water partition coefficient (Wildman–Crippen LogP) is 2.17. The van der Waals surface area contributed by atoms with Crippen molar-refractivity contribution in [2.24, 2.45) is 0 Å². The molecule has 2 aromatic heterocycles. The third-order valence-corrected chi connectivity index (χ3v) is 2.77. The normalized spacial score (nSPS) is 10.8. The maximum absolute atomic E-state index is 10.9. The Morgan fingerprint density at radius 1 is 1.26 bits per heavy atom. The maximum Gasteiger partial charge on any atom is 0.338 e. The molecule has 7 heteroatoms. The number of aromatic carboxylic acids is 1. The van der Waals surface area contributed by atoms with Crippen LogP contribution in [0.1, 0.15) is 10.4 Å². The maximum atomic E-state index is 10.9. The highest BCUT2D eigenvalue weighted by Crippen LogP contribution is 2.20. The van der Waals surface area contributed by atoms with Crippen molar-refractivity contribution < 1.29 is 9.90 Å². The highest BCUT2D eigenvalue weighted by molar-refractivity contribution is 6.28. The second-order valence-electron chi connectivity index (χ2n) is 3.81. The van der Waals surface area contributed by atoms with Crippen LogP contribution >= 0.6 is 11.6 Å². The van der Waals surface area contributed by atoms with Crippen LogP contribution in [0.3, 0.4) is 0 Å². The number of hydrogen-bond acceptors (Lipinski definition) is 4. The molecule has 0 radical (unpaired) electrons. The molecule has 0 spiro atoms. The van der Waals surface area contributed by atoms with Crippen LogP contribution in [0.25, 0.3) is 16.7 Å². The second-order valence-corrected chi connectivity index (χ2v) is 4.15. The molecular weight excluding hydrogens is 268 g/mol. The summed E-state index contributed by atoms with van der Waals surface area (Å²) in [5.74, 6) is -0.598. The lowest BCUT2D eigenvalue weighted by Crippen LogP contribution is -2.01. The van der Waals surface area contributed by atoms with Gasteiger partial charge < -0.3 is 5.11 Å². The zero-order chi connectivity index (χ0) is 13.4. The molecule has 0 saturated heterocycles. The minimum Gasteiger partial charge on any atom is -0.478 e. The van der Waals surface area contributed by atoms with Crippen LogP contribution in [-0.2, 0) is 0 Å². The van der Waals surface area contributed by atoms with Gasteiger partial charge in [0.25, 0.3) is 0 Å². The Labute approximate surface area is 112 Å². The number of fused-ring (bicyclic) bond motifs is 1. The summed E-state index contributed by atoms with van der Waals surface area (Å²) in [6, 6.07) is 7.29. The first-order valence-corrected chi connectivity index (χ1v) is 5.73. The number of para-hydroxylation sites is 1. The molecule has 0 aliphatic carbocycles. The molecule has 0 aliphatic heterocycles. The summed E-state index contributed by atoms with van der Waals surface area (Å²) < 4.78 is 1.37. The van der Waals surface area contributed by atoms with E-state index in [9.17, 15) is 4.79 Å². The summed E-state index contributed by atoms with van der Waals surface area (Å²) in [6.45, 7) is 0.